The van der Waals surface area contributed by atoms with Crippen LogP contribution < -0.4 is 15.9 Å². The van der Waals surface area contributed by atoms with Gasteiger partial charge in [-0.25, -0.2) is 4.99 Å². The molecule has 3 rings (SSSR count). The van der Waals surface area contributed by atoms with Crippen LogP contribution in [-0.2, 0) is 4.79 Å². The molecular weight excluding hydrogens is 371 g/mol. The first-order valence-electron chi connectivity index (χ1n) is 8.30. The van der Waals surface area contributed by atoms with Crippen molar-refractivity contribution < 1.29 is 9.59 Å². The summed E-state index contributed by atoms with van der Waals surface area (Å²) in [5.74, 6) is -0.816. The number of hydrogen-bond donors (Lipinski definition) is 1. The van der Waals surface area contributed by atoms with E-state index in [4.69, 9.17) is 23.2 Å². The highest BCUT2D eigenvalue weighted by molar-refractivity contribution is 6.36. The van der Waals surface area contributed by atoms with Crippen LogP contribution in [0.1, 0.15) is 27.9 Å². The largest absolute Gasteiger partial charge is 0.352 e. The van der Waals surface area contributed by atoms with Crippen molar-refractivity contribution in [2.45, 2.75) is 20.3 Å². The average Bonchev–Trinajstić information content (AvgIpc) is 2.57. The van der Waals surface area contributed by atoms with Gasteiger partial charge in [-0.05, 0) is 66.9 Å². The van der Waals surface area contributed by atoms with Crippen molar-refractivity contribution in [2.75, 3.05) is 6.54 Å². The standard InChI is InChI=1S/C20H18Cl2N2O2/c1-11-7-14-9-13(19(25)24-18(14)8-12(11)2)5-6-23-20(26)16-4-3-15(21)10-17(16)22/h3-4,7-10,13H,5-6H2,1-2H3,(H,23,26). The third-order valence-corrected chi connectivity index (χ3v) is 5.04. The Morgan fingerprint density at radius 1 is 1.15 bits per heavy atom. The Morgan fingerprint density at radius 2 is 1.88 bits per heavy atom. The molecule has 1 aliphatic heterocycles. The van der Waals surface area contributed by atoms with E-state index in [0.29, 0.717) is 33.9 Å². The van der Waals surface area contributed by atoms with Crippen molar-refractivity contribution in [1.82, 2.24) is 5.32 Å². The van der Waals surface area contributed by atoms with Gasteiger partial charge >= 0.3 is 0 Å². The maximum absolute atomic E-state index is 12.2. The second-order valence-corrected chi connectivity index (χ2v) is 7.23. The van der Waals surface area contributed by atoms with Crippen LogP contribution in [0, 0.1) is 19.8 Å². The fourth-order valence-electron chi connectivity index (χ4n) is 2.86. The molecule has 6 heteroatoms. The van der Waals surface area contributed by atoms with Gasteiger partial charge in [-0.15, -0.1) is 0 Å². The first-order valence-corrected chi connectivity index (χ1v) is 9.05. The Balaban J connectivity index is 1.68. The molecule has 0 fully saturated rings. The molecule has 2 amide bonds. The Bertz CT molecular complexity index is 1020. The van der Waals surface area contributed by atoms with Gasteiger partial charge in [0, 0.05) is 11.6 Å². The maximum atomic E-state index is 12.2. The predicted octanol–water partition coefficient (Wildman–Crippen LogP) is 2.99. The molecule has 1 heterocycles. The van der Waals surface area contributed by atoms with Crippen molar-refractivity contribution in [3.05, 3.63) is 67.6 Å². The molecule has 2 aromatic carbocycles. The van der Waals surface area contributed by atoms with Crippen molar-refractivity contribution in [3.63, 3.8) is 0 Å². The number of aryl methyl sites for hydroxylation is 2. The van der Waals surface area contributed by atoms with Gasteiger partial charge < -0.3 is 5.32 Å². The highest BCUT2D eigenvalue weighted by Crippen LogP contribution is 2.21. The quantitative estimate of drug-likeness (QED) is 0.874. The average molecular weight is 389 g/mol. The normalized spacial score (nSPS) is 15.7. The molecule has 26 heavy (non-hydrogen) atoms. The monoisotopic (exact) mass is 388 g/mol. The summed E-state index contributed by atoms with van der Waals surface area (Å²) < 4.78 is 0. The number of carbonyl (C=O) groups is 2. The van der Waals surface area contributed by atoms with Crippen LogP contribution in [0.4, 0.5) is 0 Å². The Morgan fingerprint density at radius 3 is 2.62 bits per heavy atom. The van der Waals surface area contributed by atoms with E-state index in [1.54, 1.807) is 12.1 Å². The van der Waals surface area contributed by atoms with Gasteiger partial charge in [0.1, 0.15) is 0 Å². The first-order chi connectivity index (χ1) is 12.3. The van der Waals surface area contributed by atoms with E-state index in [9.17, 15) is 9.59 Å². The third kappa shape index (κ3) is 3.97. The number of amides is 2. The number of fused-ring (bicyclic) bond motifs is 1. The molecule has 1 atom stereocenters. The second-order valence-electron chi connectivity index (χ2n) is 6.39. The van der Waals surface area contributed by atoms with E-state index < -0.39 is 0 Å². The van der Waals surface area contributed by atoms with Gasteiger partial charge in [-0.1, -0.05) is 29.3 Å². The van der Waals surface area contributed by atoms with Gasteiger partial charge in [-0.2, -0.15) is 0 Å². The number of benzene rings is 2. The van der Waals surface area contributed by atoms with Crippen molar-refractivity contribution in [3.8, 4) is 0 Å². The lowest BCUT2D eigenvalue weighted by atomic mass is 9.98. The first kappa shape index (κ1) is 18.6. The molecule has 0 aliphatic carbocycles. The second kappa shape index (κ2) is 7.60. The Labute approximate surface area is 161 Å². The van der Waals surface area contributed by atoms with E-state index in [2.05, 4.69) is 10.3 Å². The van der Waals surface area contributed by atoms with Gasteiger partial charge in [0.15, 0.2) is 0 Å². The SMILES string of the molecule is Cc1cc2c(cc1C)=NC(=O)C(CCNC(=O)c1ccc(Cl)cc1Cl)C=2. The number of rotatable bonds is 4. The Hall–Kier alpha value is -2.17. The molecule has 1 aliphatic rings. The van der Waals surface area contributed by atoms with Gasteiger partial charge in [0.05, 0.1) is 21.9 Å². The molecule has 2 aromatic rings. The zero-order valence-electron chi connectivity index (χ0n) is 14.5. The summed E-state index contributed by atoms with van der Waals surface area (Å²) in [6.07, 6.45) is 2.41. The number of hydrogen-bond acceptors (Lipinski definition) is 2. The molecule has 0 bridgehead atoms. The smallest absolute Gasteiger partial charge is 0.253 e. The Kier molecular flexibility index (Phi) is 5.44. The van der Waals surface area contributed by atoms with Crippen LogP contribution in [0.5, 0.6) is 0 Å². The van der Waals surface area contributed by atoms with Crippen LogP contribution in [0.15, 0.2) is 35.3 Å². The van der Waals surface area contributed by atoms with E-state index in [0.717, 1.165) is 16.3 Å². The zero-order chi connectivity index (χ0) is 18.8. The van der Waals surface area contributed by atoms with Crippen molar-refractivity contribution in [2.24, 2.45) is 10.9 Å². The number of nitrogens with zero attached hydrogens (tertiary/aromatic N) is 1. The molecule has 1 unspecified atom stereocenters. The maximum Gasteiger partial charge on any atom is 0.253 e. The molecule has 0 saturated carbocycles. The lowest BCUT2D eigenvalue weighted by Crippen LogP contribution is -2.36. The lowest BCUT2D eigenvalue weighted by Gasteiger charge is -2.14. The number of halogens is 2. The van der Waals surface area contributed by atoms with Crippen LogP contribution in [0.3, 0.4) is 0 Å². The summed E-state index contributed by atoms with van der Waals surface area (Å²) in [6, 6.07) is 8.69. The summed E-state index contributed by atoms with van der Waals surface area (Å²) in [5, 5.41) is 5.24. The summed E-state index contributed by atoms with van der Waals surface area (Å²) in [4.78, 5) is 28.7. The lowest BCUT2D eigenvalue weighted by molar-refractivity contribution is -0.120. The van der Waals surface area contributed by atoms with E-state index in [1.807, 2.05) is 32.1 Å². The predicted molar refractivity (Wildman–Crippen MR) is 103 cm³/mol. The van der Waals surface area contributed by atoms with E-state index in [-0.39, 0.29) is 17.7 Å². The molecule has 0 spiro atoms. The highest BCUT2D eigenvalue weighted by atomic mass is 35.5. The zero-order valence-corrected chi connectivity index (χ0v) is 16.0. The molecule has 134 valence electrons. The minimum absolute atomic E-state index is 0.181. The van der Waals surface area contributed by atoms with Crippen LogP contribution in [0.2, 0.25) is 10.0 Å². The van der Waals surface area contributed by atoms with Gasteiger partial charge in [0.25, 0.3) is 11.8 Å². The fourth-order valence-corrected chi connectivity index (χ4v) is 3.35. The number of carbonyl (C=O) groups excluding carboxylic acids is 2. The van der Waals surface area contributed by atoms with Crippen LogP contribution in [0.25, 0.3) is 6.08 Å². The molecular formula is C20H18Cl2N2O2. The minimum Gasteiger partial charge on any atom is -0.352 e. The van der Waals surface area contributed by atoms with Crippen LogP contribution in [-0.4, -0.2) is 18.4 Å². The summed E-state index contributed by atoms with van der Waals surface area (Å²) in [7, 11) is 0. The molecule has 0 radical (unpaired) electrons. The summed E-state index contributed by atoms with van der Waals surface area (Å²) in [6.45, 7) is 4.38. The molecule has 1 N–H and O–H groups in total. The summed E-state index contributed by atoms with van der Waals surface area (Å²) in [5.41, 5.74) is 2.63. The third-order valence-electron chi connectivity index (χ3n) is 4.49. The summed E-state index contributed by atoms with van der Waals surface area (Å²) >= 11 is 11.9. The molecule has 4 nitrogen and oxygen atoms in total. The topological polar surface area (TPSA) is 58.5 Å². The van der Waals surface area contributed by atoms with Gasteiger partial charge in [0.2, 0.25) is 0 Å². The highest BCUT2D eigenvalue weighted by Gasteiger charge is 2.19. The molecule has 0 saturated heterocycles. The fraction of sp³-hybridized carbons (Fsp3) is 0.250. The van der Waals surface area contributed by atoms with E-state index >= 15 is 0 Å². The minimum atomic E-state index is -0.342. The van der Waals surface area contributed by atoms with Crippen LogP contribution >= 0.6 is 23.2 Å². The van der Waals surface area contributed by atoms with E-state index in [1.165, 1.54) is 6.07 Å². The van der Waals surface area contributed by atoms with Crippen molar-refractivity contribution in [1.29, 1.82) is 0 Å². The van der Waals surface area contributed by atoms with Crippen molar-refractivity contribution >= 4 is 41.1 Å². The number of nitrogens with one attached hydrogen (secondary N) is 1. The molecule has 0 aromatic heterocycles. The van der Waals surface area contributed by atoms with Gasteiger partial charge in [-0.3, -0.25) is 9.59 Å².